The maximum Gasteiger partial charge on any atom is 0.303 e. The number of halogens is 5. The normalized spacial score (nSPS) is 21.7. The van der Waals surface area contributed by atoms with Crippen LogP contribution in [-0.4, -0.2) is 37.4 Å². The number of nitrogens with one attached hydrogen (secondary N) is 1. The van der Waals surface area contributed by atoms with Crippen LogP contribution >= 0.6 is 102 Å². The summed E-state index contributed by atoms with van der Waals surface area (Å²) in [5.74, 6) is -1.78. The fourth-order valence-corrected chi connectivity index (χ4v) is 8.34. The lowest BCUT2D eigenvalue weighted by atomic mass is 9.90. The van der Waals surface area contributed by atoms with E-state index in [1.807, 2.05) is 90.4 Å². The highest BCUT2D eigenvalue weighted by Gasteiger charge is 2.41. The zero-order valence-electron chi connectivity index (χ0n) is 12.9. The summed E-state index contributed by atoms with van der Waals surface area (Å²) in [6, 6.07) is 0. The number of ketones is 1. The molecule has 1 rings (SSSR count). The van der Waals surface area contributed by atoms with Crippen molar-refractivity contribution in [2.24, 2.45) is 5.92 Å². The topological polar surface area (TPSA) is 89.5 Å². The molecule has 0 aromatic heterocycles. The van der Waals surface area contributed by atoms with Gasteiger partial charge in [0.1, 0.15) is 0 Å². The minimum absolute atomic E-state index is 0.0662. The summed E-state index contributed by atoms with van der Waals surface area (Å²) in [7, 11) is 0. The minimum Gasteiger partial charge on any atom is -0.453 e. The monoisotopic (exact) mass is 817 g/mol. The Bertz CT molecular complexity index is 691. The number of rotatable bonds is 6. The first-order valence-corrected chi connectivity index (χ1v) is 12.0. The molecule has 1 N–H and O–H groups in total. The van der Waals surface area contributed by atoms with E-state index in [2.05, 4.69) is 5.32 Å². The second kappa shape index (κ2) is 10.5. The van der Waals surface area contributed by atoms with E-state index in [1.54, 1.807) is 0 Å². The van der Waals surface area contributed by atoms with Gasteiger partial charge in [0, 0.05) is 19.7 Å². The highest BCUT2D eigenvalue weighted by molar-refractivity contribution is 14.1. The van der Waals surface area contributed by atoms with Gasteiger partial charge < -0.3 is 10.1 Å². The molecule has 0 saturated carbocycles. The summed E-state index contributed by atoms with van der Waals surface area (Å²) in [5, 5.41) is 1.99. The number of alkyl halides is 2. The second-order valence-corrected chi connectivity index (χ2v) is 9.63. The number of amides is 1. The largest absolute Gasteiger partial charge is 0.453 e. The summed E-state index contributed by atoms with van der Waals surface area (Å²) < 4.78 is 5.79. The molecule has 0 heterocycles. The Morgan fingerprint density at radius 3 is 2.28 bits per heavy atom. The standard InChI is InChI=1S/C14H12ClI4NO5/c1-4(25-5(2)21)14(24)20-12-10(18)7(6(22)3-16)9(17)8(11(12)19)13(15)23/h4,7,9H,3H2,1-2H3,(H,20,24)/t4-,7?,9?/m0/s1. The molecule has 138 valence electrons. The summed E-state index contributed by atoms with van der Waals surface area (Å²) in [5.41, 5.74) is 0.632. The summed E-state index contributed by atoms with van der Waals surface area (Å²) in [6.07, 6.45) is -1.01. The summed E-state index contributed by atoms with van der Waals surface area (Å²) >= 11 is 13.6. The van der Waals surface area contributed by atoms with Gasteiger partial charge in [0.05, 0.1) is 20.0 Å². The smallest absolute Gasteiger partial charge is 0.303 e. The van der Waals surface area contributed by atoms with E-state index in [9.17, 15) is 19.2 Å². The number of Topliss-reactive ketones (excluding diaryl/α,β-unsaturated/α-hetero) is 1. The van der Waals surface area contributed by atoms with Gasteiger partial charge in [-0.2, -0.15) is 0 Å². The molecule has 11 heteroatoms. The van der Waals surface area contributed by atoms with Gasteiger partial charge in [-0.25, -0.2) is 0 Å². The van der Waals surface area contributed by atoms with Crippen molar-refractivity contribution in [3.63, 3.8) is 0 Å². The highest BCUT2D eigenvalue weighted by Crippen LogP contribution is 2.44. The third-order valence-electron chi connectivity index (χ3n) is 3.19. The van der Waals surface area contributed by atoms with Crippen LogP contribution in [0.1, 0.15) is 13.8 Å². The van der Waals surface area contributed by atoms with Gasteiger partial charge in [-0.3, -0.25) is 19.2 Å². The predicted molar refractivity (Wildman–Crippen MR) is 128 cm³/mol. The van der Waals surface area contributed by atoms with E-state index in [-0.39, 0.29) is 15.8 Å². The van der Waals surface area contributed by atoms with Crippen molar-refractivity contribution in [3.05, 3.63) is 18.4 Å². The van der Waals surface area contributed by atoms with Crippen molar-refractivity contribution >= 4 is 125 Å². The molecule has 0 radical (unpaired) electrons. The summed E-state index contributed by atoms with van der Waals surface area (Å²) in [6.45, 7) is 2.64. The Balaban J connectivity index is 3.33. The van der Waals surface area contributed by atoms with Crippen molar-refractivity contribution in [2.75, 3.05) is 4.43 Å². The summed E-state index contributed by atoms with van der Waals surface area (Å²) in [4.78, 5) is 47.5. The van der Waals surface area contributed by atoms with E-state index >= 15 is 0 Å². The molecule has 0 aliphatic heterocycles. The van der Waals surface area contributed by atoms with Gasteiger partial charge >= 0.3 is 5.97 Å². The molecule has 6 nitrogen and oxygen atoms in total. The van der Waals surface area contributed by atoms with Crippen molar-refractivity contribution in [1.82, 2.24) is 5.32 Å². The second-order valence-electron chi connectivity index (χ2n) is 4.94. The molecule has 0 bridgehead atoms. The Hall–Kier alpha value is 0.970. The average molecular weight is 817 g/mol. The van der Waals surface area contributed by atoms with E-state index in [1.165, 1.54) is 13.8 Å². The van der Waals surface area contributed by atoms with Crippen LogP contribution in [0.15, 0.2) is 18.4 Å². The maximum atomic E-state index is 12.4. The first kappa shape index (κ1) is 24.0. The molecule has 1 aliphatic rings. The van der Waals surface area contributed by atoms with Crippen molar-refractivity contribution in [1.29, 1.82) is 0 Å². The SMILES string of the molecule is CC(=O)O[C@@H](C)C(=O)NC1=C(I)C(C(=O)CI)C(I)C(C(=O)Cl)=C1I. The number of carbonyl (C=O) groups is 4. The molecule has 0 aromatic rings. The van der Waals surface area contributed by atoms with E-state index in [0.717, 1.165) is 0 Å². The van der Waals surface area contributed by atoms with Crippen LogP contribution in [-0.2, 0) is 23.9 Å². The fraction of sp³-hybridized carbons (Fsp3) is 0.429. The fourth-order valence-electron chi connectivity index (χ4n) is 2.04. The lowest BCUT2D eigenvalue weighted by Crippen LogP contribution is -2.40. The molecule has 1 amide bonds. The number of hydrogen-bond donors (Lipinski definition) is 1. The number of allylic oxidation sites excluding steroid dienone is 3. The van der Waals surface area contributed by atoms with Gasteiger partial charge in [0.15, 0.2) is 11.9 Å². The lowest BCUT2D eigenvalue weighted by Gasteiger charge is -2.30. The van der Waals surface area contributed by atoms with Gasteiger partial charge in [0.25, 0.3) is 11.1 Å². The maximum absolute atomic E-state index is 12.4. The number of ether oxygens (including phenoxy) is 1. The van der Waals surface area contributed by atoms with Gasteiger partial charge in [-0.05, 0) is 63.7 Å². The van der Waals surface area contributed by atoms with Crippen LogP contribution < -0.4 is 5.32 Å². The molecule has 1 aliphatic carbocycles. The van der Waals surface area contributed by atoms with Crippen LogP contribution in [0.4, 0.5) is 0 Å². The minimum atomic E-state index is -1.01. The average Bonchev–Trinajstić information content (AvgIpc) is 2.49. The third kappa shape index (κ3) is 5.97. The quantitative estimate of drug-likeness (QED) is 0.192. The molecular formula is C14H12ClI4NO5. The van der Waals surface area contributed by atoms with Crippen LogP contribution in [0.5, 0.6) is 0 Å². The third-order valence-corrected chi connectivity index (χ3v) is 7.82. The molecule has 0 aromatic carbocycles. The molecule has 0 fully saturated rings. The molecular weight excluding hydrogens is 805 g/mol. The van der Waals surface area contributed by atoms with Crippen molar-refractivity contribution in [3.8, 4) is 0 Å². The first-order valence-electron chi connectivity index (χ1n) is 6.73. The van der Waals surface area contributed by atoms with Gasteiger partial charge in [0.2, 0.25) is 0 Å². The Morgan fingerprint density at radius 2 is 1.84 bits per heavy atom. The highest BCUT2D eigenvalue weighted by atomic mass is 127. The van der Waals surface area contributed by atoms with Crippen LogP contribution in [0.3, 0.4) is 0 Å². The Morgan fingerprint density at radius 1 is 1.28 bits per heavy atom. The number of carbonyl (C=O) groups excluding carboxylic acids is 4. The van der Waals surface area contributed by atoms with Crippen LogP contribution in [0, 0.1) is 5.92 Å². The van der Waals surface area contributed by atoms with E-state index in [0.29, 0.717) is 12.9 Å². The van der Waals surface area contributed by atoms with Crippen molar-refractivity contribution < 1.29 is 23.9 Å². The molecule has 2 unspecified atom stereocenters. The van der Waals surface area contributed by atoms with Gasteiger partial charge in [-0.15, -0.1) is 0 Å². The Kier molecular flexibility index (Phi) is 10.1. The van der Waals surface area contributed by atoms with Crippen LogP contribution in [0.25, 0.3) is 0 Å². The predicted octanol–water partition coefficient (Wildman–Crippen LogP) is 3.59. The molecule has 25 heavy (non-hydrogen) atoms. The van der Waals surface area contributed by atoms with Gasteiger partial charge in [-0.1, -0.05) is 45.2 Å². The zero-order valence-corrected chi connectivity index (χ0v) is 22.3. The number of esters is 1. The molecule has 0 saturated heterocycles. The van der Waals surface area contributed by atoms with E-state index in [4.69, 9.17) is 16.3 Å². The van der Waals surface area contributed by atoms with Crippen molar-refractivity contribution in [2.45, 2.75) is 23.9 Å². The van der Waals surface area contributed by atoms with Crippen LogP contribution in [0.2, 0.25) is 0 Å². The Labute approximate surface area is 204 Å². The molecule has 3 atom stereocenters. The first-order chi connectivity index (χ1) is 11.5. The lowest BCUT2D eigenvalue weighted by molar-refractivity contribution is -0.152. The van der Waals surface area contributed by atoms with E-state index < -0.39 is 33.1 Å². The number of hydrogen-bond acceptors (Lipinski definition) is 5. The molecule has 0 spiro atoms. The zero-order chi connectivity index (χ0) is 19.5.